The predicted octanol–water partition coefficient (Wildman–Crippen LogP) is 2.16. The van der Waals surface area contributed by atoms with E-state index in [0.717, 1.165) is 24.7 Å². The normalized spacial score (nSPS) is 36.7. The van der Waals surface area contributed by atoms with Crippen LogP contribution in [0.25, 0.3) is 0 Å². The van der Waals surface area contributed by atoms with Gasteiger partial charge < -0.3 is 10.1 Å². The van der Waals surface area contributed by atoms with Crippen LogP contribution in [0.5, 0.6) is 0 Å². The first-order chi connectivity index (χ1) is 8.86. The second-order valence-electron chi connectivity index (χ2n) is 6.28. The maximum Gasteiger partial charge on any atom is 0.0604 e. The Bertz CT molecular complexity index is 255. The fraction of sp³-hybridized carbons (Fsp3) is 1.00. The van der Waals surface area contributed by atoms with Crippen molar-refractivity contribution in [1.29, 1.82) is 0 Å². The molecular formula is C15H28N2O. The third-order valence-corrected chi connectivity index (χ3v) is 4.80. The van der Waals surface area contributed by atoms with Gasteiger partial charge in [0.25, 0.3) is 0 Å². The van der Waals surface area contributed by atoms with E-state index < -0.39 is 0 Å². The highest BCUT2D eigenvalue weighted by Crippen LogP contribution is 2.37. The van der Waals surface area contributed by atoms with Gasteiger partial charge in [0.1, 0.15) is 0 Å². The molecule has 0 aromatic heterocycles. The molecule has 0 aromatic carbocycles. The Morgan fingerprint density at radius 1 is 1.11 bits per heavy atom. The number of hydrogen-bond donors (Lipinski definition) is 1. The molecule has 0 aromatic rings. The summed E-state index contributed by atoms with van der Waals surface area (Å²) < 4.78 is 5.71. The molecule has 0 spiro atoms. The van der Waals surface area contributed by atoms with Crippen molar-refractivity contribution in [3.8, 4) is 0 Å². The molecule has 2 saturated carbocycles. The number of nitrogens with one attached hydrogen (secondary N) is 1. The molecule has 1 saturated heterocycles. The third-order valence-electron chi connectivity index (χ3n) is 4.80. The Morgan fingerprint density at radius 3 is 2.56 bits per heavy atom. The fourth-order valence-electron chi connectivity index (χ4n) is 3.52. The minimum atomic E-state index is 0.556. The molecule has 1 aliphatic heterocycles. The molecule has 1 heterocycles. The summed E-state index contributed by atoms with van der Waals surface area (Å²) in [6.45, 7) is 5.51. The average molecular weight is 252 g/mol. The lowest BCUT2D eigenvalue weighted by Gasteiger charge is -2.44. The first-order valence-corrected chi connectivity index (χ1v) is 7.97. The Hall–Kier alpha value is -0.120. The van der Waals surface area contributed by atoms with E-state index in [-0.39, 0.29) is 0 Å². The lowest BCUT2D eigenvalue weighted by atomic mass is 9.87. The van der Waals surface area contributed by atoms with Gasteiger partial charge in [0.2, 0.25) is 0 Å². The molecule has 0 amide bonds. The molecule has 3 heteroatoms. The highest BCUT2D eigenvalue weighted by molar-refractivity contribution is 4.97. The van der Waals surface area contributed by atoms with Crippen LogP contribution in [0.3, 0.4) is 0 Å². The standard InChI is InChI=1S/C15H28N2O/c1-2-18-15-9-14(10-15)17(13-6-7-13)11-12-5-3-4-8-16-12/h12-16H,2-11H2,1H3. The minimum Gasteiger partial charge on any atom is -0.378 e. The predicted molar refractivity (Wildman–Crippen MR) is 73.8 cm³/mol. The van der Waals surface area contributed by atoms with E-state index in [1.807, 2.05) is 0 Å². The van der Waals surface area contributed by atoms with Crippen molar-refractivity contribution in [3.63, 3.8) is 0 Å². The molecule has 3 fully saturated rings. The van der Waals surface area contributed by atoms with Gasteiger partial charge in [-0.1, -0.05) is 6.42 Å². The summed E-state index contributed by atoms with van der Waals surface area (Å²) in [5.41, 5.74) is 0. The van der Waals surface area contributed by atoms with E-state index in [0.29, 0.717) is 6.10 Å². The van der Waals surface area contributed by atoms with Gasteiger partial charge in [-0.25, -0.2) is 0 Å². The molecule has 104 valence electrons. The Balaban J connectivity index is 1.47. The van der Waals surface area contributed by atoms with Gasteiger partial charge in [-0.05, 0) is 52.0 Å². The van der Waals surface area contributed by atoms with Crippen LogP contribution in [0.2, 0.25) is 0 Å². The molecule has 3 nitrogen and oxygen atoms in total. The molecule has 1 unspecified atom stereocenters. The number of rotatable bonds is 6. The topological polar surface area (TPSA) is 24.5 Å². The molecule has 3 aliphatic rings. The fourth-order valence-corrected chi connectivity index (χ4v) is 3.52. The van der Waals surface area contributed by atoms with Gasteiger partial charge in [0.05, 0.1) is 6.10 Å². The Labute approximate surface area is 111 Å². The molecule has 18 heavy (non-hydrogen) atoms. The minimum absolute atomic E-state index is 0.556. The van der Waals surface area contributed by atoms with Crippen LogP contribution in [0.15, 0.2) is 0 Å². The first kappa shape index (κ1) is 12.9. The van der Waals surface area contributed by atoms with Crippen LogP contribution in [0.1, 0.15) is 51.9 Å². The van der Waals surface area contributed by atoms with Crippen LogP contribution in [-0.4, -0.2) is 48.8 Å². The van der Waals surface area contributed by atoms with Gasteiger partial charge in [-0.3, -0.25) is 4.90 Å². The molecule has 0 radical (unpaired) electrons. The van der Waals surface area contributed by atoms with E-state index in [4.69, 9.17) is 4.74 Å². The molecule has 1 atom stereocenters. The summed E-state index contributed by atoms with van der Waals surface area (Å²) in [7, 11) is 0. The summed E-state index contributed by atoms with van der Waals surface area (Å²) in [6.07, 6.45) is 10.1. The maximum atomic E-state index is 5.71. The quantitative estimate of drug-likeness (QED) is 0.784. The van der Waals surface area contributed by atoms with Gasteiger partial charge in [-0.2, -0.15) is 0 Å². The van der Waals surface area contributed by atoms with Gasteiger partial charge in [-0.15, -0.1) is 0 Å². The molecule has 1 N–H and O–H groups in total. The summed E-state index contributed by atoms with van der Waals surface area (Å²) in [4.78, 5) is 2.80. The highest BCUT2D eigenvalue weighted by atomic mass is 16.5. The van der Waals surface area contributed by atoms with Crippen LogP contribution < -0.4 is 5.32 Å². The molecular weight excluding hydrogens is 224 g/mol. The Morgan fingerprint density at radius 2 is 1.94 bits per heavy atom. The van der Waals surface area contributed by atoms with Gasteiger partial charge in [0, 0.05) is 31.3 Å². The smallest absolute Gasteiger partial charge is 0.0604 e. The van der Waals surface area contributed by atoms with Crippen molar-refractivity contribution in [2.24, 2.45) is 0 Å². The highest BCUT2D eigenvalue weighted by Gasteiger charge is 2.41. The SMILES string of the molecule is CCOC1CC(N(CC2CCCCN2)C2CC2)C1. The zero-order chi connectivity index (χ0) is 12.4. The lowest BCUT2D eigenvalue weighted by Crippen LogP contribution is -2.54. The Kier molecular flexibility index (Phi) is 4.22. The average Bonchev–Trinajstić information content (AvgIpc) is 3.16. The van der Waals surface area contributed by atoms with Crippen LogP contribution in [-0.2, 0) is 4.74 Å². The summed E-state index contributed by atoms with van der Waals surface area (Å²) in [6, 6.07) is 2.48. The number of piperidine rings is 1. The largest absolute Gasteiger partial charge is 0.378 e. The summed E-state index contributed by atoms with van der Waals surface area (Å²) >= 11 is 0. The van der Waals surface area contributed by atoms with E-state index in [1.165, 1.54) is 58.0 Å². The van der Waals surface area contributed by atoms with E-state index in [1.54, 1.807) is 0 Å². The maximum absolute atomic E-state index is 5.71. The summed E-state index contributed by atoms with van der Waals surface area (Å²) in [5, 5.41) is 3.70. The van der Waals surface area contributed by atoms with Crippen molar-refractivity contribution in [1.82, 2.24) is 10.2 Å². The van der Waals surface area contributed by atoms with E-state index in [9.17, 15) is 0 Å². The zero-order valence-corrected chi connectivity index (χ0v) is 11.7. The molecule has 3 rings (SSSR count). The van der Waals surface area contributed by atoms with Crippen LogP contribution >= 0.6 is 0 Å². The van der Waals surface area contributed by atoms with Crippen molar-refractivity contribution in [2.75, 3.05) is 19.7 Å². The molecule has 0 bridgehead atoms. The summed E-state index contributed by atoms with van der Waals surface area (Å²) in [5.74, 6) is 0. The van der Waals surface area contributed by atoms with Crippen molar-refractivity contribution < 1.29 is 4.74 Å². The van der Waals surface area contributed by atoms with Crippen molar-refractivity contribution in [3.05, 3.63) is 0 Å². The number of nitrogens with zero attached hydrogens (tertiary/aromatic N) is 1. The van der Waals surface area contributed by atoms with Crippen LogP contribution in [0, 0.1) is 0 Å². The number of ether oxygens (including phenoxy) is 1. The van der Waals surface area contributed by atoms with Crippen molar-refractivity contribution >= 4 is 0 Å². The third kappa shape index (κ3) is 3.06. The zero-order valence-electron chi connectivity index (χ0n) is 11.7. The monoisotopic (exact) mass is 252 g/mol. The van der Waals surface area contributed by atoms with Gasteiger partial charge >= 0.3 is 0 Å². The first-order valence-electron chi connectivity index (χ1n) is 7.97. The lowest BCUT2D eigenvalue weighted by molar-refractivity contribution is -0.0512. The number of hydrogen-bond acceptors (Lipinski definition) is 3. The van der Waals surface area contributed by atoms with Gasteiger partial charge in [0.15, 0.2) is 0 Å². The van der Waals surface area contributed by atoms with Crippen molar-refractivity contribution in [2.45, 2.75) is 76.1 Å². The van der Waals surface area contributed by atoms with E-state index in [2.05, 4.69) is 17.1 Å². The van der Waals surface area contributed by atoms with E-state index >= 15 is 0 Å². The second-order valence-corrected chi connectivity index (χ2v) is 6.28. The van der Waals surface area contributed by atoms with Crippen LogP contribution in [0.4, 0.5) is 0 Å². The second kappa shape index (κ2) is 5.89. The molecule has 2 aliphatic carbocycles.